The summed E-state index contributed by atoms with van der Waals surface area (Å²) in [6.07, 6.45) is 22.0. The van der Waals surface area contributed by atoms with Crippen LogP contribution in [0, 0.1) is 54.3 Å². The van der Waals surface area contributed by atoms with Gasteiger partial charge in [-0.05, 0) is 79.2 Å². The molecule has 2 unspecified atom stereocenters. The molecule has 0 aromatic heterocycles. The smallest absolute Gasteiger partial charge is 0.297 e. The standard InChI is InChI=1S/C58H110O9S/c1-48(2)18-12-20-50(5)22-14-24-52(7)26-16-28-54(9)34-36-64-46-57(66-37-35-55(10)29-17-27-53(8)25-15-23-51(6)21-13-19-49(3)4)47-65-43-42-62-39-38-61-40-41-63-44-45-67-68(59,60)58-32-30-56(11)31-33-58/h30-33,48-55,57H,12-29,34-47H2,1-11H3/t50-,51-,52-,53-,54?,55?,57-/m0/s1/i38D2,39D2,40D2,41D2,42D2,43D2,44D2,45D2. The van der Waals surface area contributed by atoms with Crippen LogP contribution in [0.15, 0.2) is 29.2 Å². The van der Waals surface area contributed by atoms with E-state index < -0.39 is 80.2 Å². The van der Waals surface area contributed by atoms with Crippen LogP contribution < -0.4 is 0 Å². The lowest BCUT2D eigenvalue weighted by molar-refractivity contribution is -0.0722. The van der Waals surface area contributed by atoms with E-state index in [0.717, 1.165) is 80.8 Å². The third kappa shape index (κ3) is 39.5. The van der Waals surface area contributed by atoms with E-state index >= 15 is 0 Å². The quantitative estimate of drug-likeness (QED) is 0.0467. The van der Waals surface area contributed by atoms with Crippen molar-refractivity contribution in [3.05, 3.63) is 29.8 Å². The topological polar surface area (TPSA) is 98.8 Å². The molecule has 0 aliphatic heterocycles. The van der Waals surface area contributed by atoms with E-state index in [-0.39, 0.29) is 13.2 Å². The minimum absolute atomic E-state index is 0.0631. The first-order chi connectivity index (χ1) is 38.4. The minimum Gasteiger partial charge on any atom is -0.379 e. The van der Waals surface area contributed by atoms with Crippen molar-refractivity contribution in [3.8, 4) is 0 Å². The Hall–Kier alpha value is -1.11. The van der Waals surface area contributed by atoms with Crippen molar-refractivity contribution >= 4 is 10.1 Å². The number of benzene rings is 1. The maximum Gasteiger partial charge on any atom is 0.297 e. The van der Waals surface area contributed by atoms with Gasteiger partial charge >= 0.3 is 0 Å². The fraction of sp³-hybridized carbons (Fsp3) is 0.897. The Morgan fingerprint density at radius 2 is 0.735 bits per heavy atom. The summed E-state index contributed by atoms with van der Waals surface area (Å²) < 4.78 is 193. The van der Waals surface area contributed by atoms with Gasteiger partial charge in [0.2, 0.25) is 0 Å². The highest BCUT2D eigenvalue weighted by molar-refractivity contribution is 7.86. The van der Waals surface area contributed by atoms with Gasteiger partial charge in [-0.1, -0.05) is 203 Å². The van der Waals surface area contributed by atoms with Crippen LogP contribution in [0.5, 0.6) is 0 Å². The molecule has 0 saturated carbocycles. The van der Waals surface area contributed by atoms with Gasteiger partial charge in [-0.2, -0.15) is 8.42 Å². The molecule has 1 aromatic rings. The van der Waals surface area contributed by atoms with Gasteiger partial charge in [-0.15, -0.1) is 0 Å². The fourth-order valence-corrected chi connectivity index (χ4v) is 8.85. The second-order valence-electron chi connectivity index (χ2n) is 20.9. The van der Waals surface area contributed by atoms with Gasteiger partial charge in [0.05, 0.1) is 92.5 Å². The molecule has 1 rings (SSSR count). The monoisotopic (exact) mass is 999 g/mol. The lowest BCUT2D eigenvalue weighted by Crippen LogP contribution is -2.28. The summed E-state index contributed by atoms with van der Waals surface area (Å²) in [5, 5.41) is 0. The molecule has 0 bridgehead atoms. The highest BCUT2D eigenvalue weighted by Gasteiger charge is 2.16. The Morgan fingerprint density at radius 1 is 0.412 bits per heavy atom. The number of aryl methyl sites for hydroxylation is 1. The van der Waals surface area contributed by atoms with Crippen molar-refractivity contribution in [2.75, 3.05) is 78.9 Å². The Labute approximate surface area is 444 Å². The van der Waals surface area contributed by atoms with Crippen molar-refractivity contribution in [1.29, 1.82) is 0 Å². The van der Waals surface area contributed by atoms with E-state index in [1.54, 1.807) is 6.92 Å². The van der Waals surface area contributed by atoms with Crippen molar-refractivity contribution < 1.29 is 63.0 Å². The SMILES string of the molecule is [2H]C([2H])(OC[C@H](COCCC(C)CCC[C@@H](C)CCC[C@@H](C)CCCC(C)C)OCCC(C)CCC[C@@H](C)CCC[C@@H](C)CCCC(C)C)C([2H])([2H])OC([2H])([2H])C([2H])([2H])OC([2H])([2H])C([2H])([2H])OC([2H])([2H])C([2H])([2H])OS(=O)(=O)c1ccc(C)cc1. The van der Waals surface area contributed by atoms with Crippen molar-refractivity contribution in [1.82, 2.24) is 0 Å². The van der Waals surface area contributed by atoms with Gasteiger partial charge < -0.3 is 28.4 Å². The maximum atomic E-state index is 12.8. The summed E-state index contributed by atoms with van der Waals surface area (Å²) >= 11 is 0. The van der Waals surface area contributed by atoms with Gasteiger partial charge in [-0.25, -0.2) is 0 Å². The predicted molar refractivity (Wildman–Crippen MR) is 285 cm³/mol. The summed E-state index contributed by atoms with van der Waals surface area (Å²) in [4.78, 5) is -0.620. The van der Waals surface area contributed by atoms with E-state index in [4.69, 9.17) is 36.1 Å². The molecule has 0 aliphatic rings. The van der Waals surface area contributed by atoms with Crippen LogP contribution in [0.1, 0.15) is 225 Å². The molecule has 0 amide bonds. The van der Waals surface area contributed by atoms with Gasteiger partial charge in [-0.3, -0.25) is 4.18 Å². The maximum absolute atomic E-state index is 12.8. The molecule has 10 heteroatoms. The van der Waals surface area contributed by atoms with Gasteiger partial charge in [0.25, 0.3) is 10.1 Å². The van der Waals surface area contributed by atoms with E-state index in [9.17, 15) is 8.42 Å². The molecule has 0 fully saturated rings. The molecular formula is C58H110O9S. The summed E-state index contributed by atoms with van der Waals surface area (Å²) in [6.45, 7) is -8.47. The predicted octanol–water partition coefficient (Wildman–Crippen LogP) is 15.1. The van der Waals surface area contributed by atoms with Crippen LogP contribution in [0.2, 0.25) is 0 Å². The molecule has 68 heavy (non-hydrogen) atoms. The third-order valence-electron chi connectivity index (χ3n) is 12.8. The lowest BCUT2D eigenvalue weighted by Gasteiger charge is -2.21. The van der Waals surface area contributed by atoms with Crippen LogP contribution in [0.3, 0.4) is 0 Å². The lowest BCUT2D eigenvalue weighted by atomic mass is 9.91. The normalized spacial score (nSPS) is 20.7. The first-order valence-electron chi connectivity index (χ1n) is 34.4. The molecule has 0 N–H and O–H groups in total. The highest BCUT2D eigenvalue weighted by atomic mass is 32.2. The van der Waals surface area contributed by atoms with E-state index in [1.807, 2.05) is 0 Å². The Kier molecular flexibility index (Phi) is 26.4. The van der Waals surface area contributed by atoms with E-state index in [1.165, 1.54) is 89.2 Å². The van der Waals surface area contributed by atoms with Gasteiger partial charge in [0.15, 0.2) is 0 Å². The average molecular weight is 1000 g/mol. The van der Waals surface area contributed by atoms with Crippen LogP contribution in [0.25, 0.3) is 0 Å². The second kappa shape index (κ2) is 42.4. The zero-order chi connectivity index (χ0) is 64.6. The molecule has 0 aliphatic carbocycles. The molecule has 402 valence electrons. The summed E-state index contributed by atoms with van der Waals surface area (Å²) in [5.74, 6) is 4.91. The molecule has 9 nitrogen and oxygen atoms in total. The summed E-state index contributed by atoms with van der Waals surface area (Å²) in [5.41, 5.74) is 0.609. The zero-order valence-corrected chi connectivity index (χ0v) is 45.4. The average Bonchev–Trinajstić information content (AvgIpc) is 3.39. The van der Waals surface area contributed by atoms with Crippen LogP contribution in [-0.2, 0) is 42.7 Å². The number of rotatable bonds is 49. The second-order valence-corrected chi connectivity index (χ2v) is 22.5. The first-order valence-corrected chi connectivity index (χ1v) is 27.8. The van der Waals surface area contributed by atoms with Crippen LogP contribution >= 0.6 is 0 Å². The number of hydrogen-bond acceptors (Lipinski definition) is 9. The molecule has 0 radical (unpaired) electrons. The highest BCUT2D eigenvalue weighted by Crippen LogP contribution is 2.25. The van der Waals surface area contributed by atoms with Gasteiger partial charge in [0, 0.05) is 13.2 Å². The molecule has 1 aromatic carbocycles. The van der Waals surface area contributed by atoms with Crippen LogP contribution in [-0.4, -0.2) is 93.4 Å². The Bertz CT molecular complexity index is 2050. The zero-order valence-electron chi connectivity index (χ0n) is 60.6. The summed E-state index contributed by atoms with van der Waals surface area (Å²) in [6, 6.07) is 4.71. The minimum atomic E-state index is -5.09. The first kappa shape index (κ1) is 42.3. The van der Waals surface area contributed by atoms with Crippen molar-refractivity contribution in [2.24, 2.45) is 47.3 Å². The molecule has 7 atom stereocenters. The molecule has 0 spiro atoms. The Morgan fingerprint density at radius 3 is 1.13 bits per heavy atom. The Balaban J connectivity index is 3.04. The molecule has 0 heterocycles. The summed E-state index contributed by atoms with van der Waals surface area (Å²) in [7, 11) is -5.09. The fourth-order valence-electron chi connectivity index (χ4n) is 8.14. The molecular weight excluding hydrogens is 873 g/mol. The third-order valence-corrected chi connectivity index (χ3v) is 14.0. The van der Waals surface area contributed by atoms with Crippen molar-refractivity contribution in [2.45, 2.75) is 216 Å². The number of ether oxygens (including phenoxy) is 6. The van der Waals surface area contributed by atoms with E-state index in [0.29, 0.717) is 42.3 Å². The van der Waals surface area contributed by atoms with Gasteiger partial charge in [0.1, 0.15) is 6.10 Å². The van der Waals surface area contributed by atoms with E-state index in [2.05, 4.69) is 87.6 Å². The van der Waals surface area contributed by atoms with Crippen LogP contribution in [0.4, 0.5) is 0 Å². The largest absolute Gasteiger partial charge is 0.379 e. The molecule has 0 saturated heterocycles. The number of hydrogen-bond donors (Lipinski definition) is 0. The van der Waals surface area contributed by atoms with Crippen molar-refractivity contribution in [3.63, 3.8) is 0 Å².